The van der Waals surface area contributed by atoms with E-state index in [1.165, 1.54) is 12.1 Å². The monoisotopic (exact) mass is 356 g/mol. The van der Waals surface area contributed by atoms with Crippen molar-refractivity contribution in [1.82, 2.24) is 0 Å². The molecule has 1 heterocycles. The summed E-state index contributed by atoms with van der Waals surface area (Å²) in [4.78, 5) is 14.7. The fraction of sp³-hybridized carbons (Fsp3) is 0.381. The number of rotatable bonds is 6. The molecule has 3 rings (SSSR count). The average Bonchev–Trinajstić information content (AvgIpc) is 3.14. The predicted molar refractivity (Wildman–Crippen MR) is 103 cm³/mol. The third-order valence-electron chi connectivity index (χ3n) is 4.29. The van der Waals surface area contributed by atoms with Gasteiger partial charge in [-0.1, -0.05) is 19.9 Å². The Morgan fingerprint density at radius 2 is 1.96 bits per heavy atom. The lowest BCUT2D eigenvalue weighted by Crippen LogP contribution is -2.18. The summed E-state index contributed by atoms with van der Waals surface area (Å²) in [5.41, 5.74) is 1.76. The normalized spacial score (nSPS) is 13.9. The summed E-state index contributed by atoms with van der Waals surface area (Å²) in [6.45, 7) is 6.57. The Morgan fingerprint density at radius 1 is 1.19 bits per heavy atom. The van der Waals surface area contributed by atoms with E-state index in [2.05, 4.69) is 24.1 Å². The largest absolute Gasteiger partial charge is 0.493 e. The maximum Gasteiger partial charge on any atom is 0.255 e. The van der Waals surface area contributed by atoms with E-state index in [1.54, 1.807) is 18.2 Å². The Bertz CT molecular complexity index is 770. The summed E-state index contributed by atoms with van der Waals surface area (Å²) in [5, 5.41) is 2.79. The fourth-order valence-electron chi connectivity index (χ4n) is 3.00. The molecule has 1 amide bonds. The highest BCUT2D eigenvalue weighted by atomic mass is 19.1. The molecule has 1 fully saturated rings. The third-order valence-corrected chi connectivity index (χ3v) is 4.29. The van der Waals surface area contributed by atoms with Crippen LogP contribution in [0.1, 0.15) is 37.0 Å². The van der Waals surface area contributed by atoms with Crippen LogP contribution in [0.25, 0.3) is 0 Å². The smallest absolute Gasteiger partial charge is 0.255 e. The zero-order valence-electron chi connectivity index (χ0n) is 15.3. The quantitative estimate of drug-likeness (QED) is 0.815. The van der Waals surface area contributed by atoms with E-state index in [0.717, 1.165) is 31.6 Å². The zero-order chi connectivity index (χ0) is 18.5. The van der Waals surface area contributed by atoms with Crippen LogP contribution in [0.2, 0.25) is 0 Å². The van der Waals surface area contributed by atoms with Crippen molar-refractivity contribution in [2.75, 3.05) is 29.9 Å². The number of ether oxygens (including phenoxy) is 1. The molecule has 1 aliphatic heterocycles. The molecule has 0 atom stereocenters. The molecule has 2 aromatic carbocycles. The van der Waals surface area contributed by atoms with E-state index < -0.39 is 0 Å². The molecule has 0 aromatic heterocycles. The number of nitrogens with one attached hydrogen (secondary N) is 1. The van der Waals surface area contributed by atoms with E-state index in [1.807, 2.05) is 12.1 Å². The van der Waals surface area contributed by atoms with Crippen LogP contribution in [0.3, 0.4) is 0 Å². The van der Waals surface area contributed by atoms with E-state index in [0.29, 0.717) is 29.5 Å². The van der Waals surface area contributed by atoms with Gasteiger partial charge in [0.2, 0.25) is 0 Å². The minimum atomic E-state index is -0.348. The summed E-state index contributed by atoms with van der Waals surface area (Å²) >= 11 is 0. The van der Waals surface area contributed by atoms with Gasteiger partial charge < -0.3 is 15.0 Å². The number of anilines is 2. The van der Waals surface area contributed by atoms with Crippen molar-refractivity contribution in [1.29, 1.82) is 0 Å². The number of amides is 1. The van der Waals surface area contributed by atoms with Gasteiger partial charge in [-0.05, 0) is 55.2 Å². The number of nitrogens with zero attached hydrogens (tertiary/aromatic N) is 1. The number of hydrogen-bond donors (Lipinski definition) is 1. The van der Waals surface area contributed by atoms with Crippen LogP contribution in [-0.4, -0.2) is 25.6 Å². The van der Waals surface area contributed by atoms with E-state index in [9.17, 15) is 9.18 Å². The summed E-state index contributed by atoms with van der Waals surface area (Å²) in [6.07, 6.45) is 2.22. The number of hydrogen-bond acceptors (Lipinski definition) is 3. The van der Waals surface area contributed by atoms with Gasteiger partial charge in [0.1, 0.15) is 11.6 Å². The molecule has 0 spiro atoms. The van der Waals surface area contributed by atoms with Crippen LogP contribution >= 0.6 is 0 Å². The van der Waals surface area contributed by atoms with E-state index in [-0.39, 0.29) is 11.7 Å². The lowest BCUT2D eigenvalue weighted by molar-refractivity contribution is 0.102. The molecule has 1 saturated heterocycles. The average molecular weight is 356 g/mol. The highest BCUT2D eigenvalue weighted by Gasteiger charge is 2.15. The van der Waals surface area contributed by atoms with Crippen LogP contribution in [0.15, 0.2) is 42.5 Å². The van der Waals surface area contributed by atoms with Gasteiger partial charge in [-0.25, -0.2) is 4.39 Å². The molecule has 1 N–H and O–H groups in total. The third kappa shape index (κ3) is 4.75. The Labute approximate surface area is 154 Å². The second-order valence-corrected chi connectivity index (χ2v) is 7.08. The number of carbonyl (C=O) groups is 1. The first-order valence-electron chi connectivity index (χ1n) is 9.11. The zero-order valence-corrected chi connectivity index (χ0v) is 15.3. The van der Waals surface area contributed by atoms with Gasteiger partial charge in [-0.15, -0.1) is 0 Å². The SMILES string of the molecule is CC(C)COc1cccc(C(=O)Nc2cc(F)cc(N3CCCC3)c2)c1. The first kappa shape index (κ1) is 18.2. The van der Waals surface area contributed by atoms with Gasteiger partial charge in [0.05, 0.1) is 6.61 Å². The maximum atomic E-state index is 14.0. The second kappa shape index (κ2) is 8.21. The highest BCUT2D eigenvalue weighted by Crippen LogP contribution is 2.25. The molecular weight excluding hydrogens is 331 g/mol. The Hall–Kier alpha value is -2.56. The summed E-state index contributed by atoms with van der Waals surface area (Å²) in [7, 11) is 0. The molecule has 1 aliphatic rings. The molecule has 4 nitrogen and oxygen atoms in total. The van der Waals surface area contributed by atoms with E-state index in [4.69, 9.17) is 4.74 Å². The maximum absolute atomic E-state index is 14.0. The van der Waals surface area contributed by atoms with Gasteiger partial charge in [-0.3, -0.25) is 4.79 Å². The second-order valence-electron chi connectivity index (χ2n) is 7.08. The van der Waals surface area contributed by atoms with Crippen molar-refractivity contribution in [3.63, 3.8) is 0 Å². The number of carbonyl (C=O) groups excluding carboxylic acids is 1. The lowest BCUT2D eigenvalue weighted by Gasteiger charge is -2.19. The molecule has 0 bridgehead atoms. The van der Waals surface area contributed by atoms with Crippen molar-refractivity contribution >= 4 is 17.3 Å². The Morgan fingerprint density at radius 3 is 2.69 bits per heavy atom. The Balaban J connectivity index is 1.72. The van der Waals surface area contributed by atoms with Crippen molar-refractivity contribution in [2.24, 2.45) is 5.92 Å². The summed E-state index contributed by atoms with van der Waals surface area (Å²) in [5.74, 6) is 0.434. The van der Waals surface area contributed by atoms with Crippen LogP contribution in [0.4, 0.5) is 15.8 Å². The molecule has 26 heavy (non-hydrogen) atoms. The van der Waals surface area contributed by atoms with Crippen molar-refractivity contribution in [2.45, 2.75) is 26.7 Å². The lowest BCUT2D eigenvalue weighted by atomic mass is 10.2. The molecule has 2 aromatic rings. The molecule has 138 valence electrons. The molecule has 0 saturated carbocycles. The van der Waals surface area contributed by atoms with Gasteiger partial charge in [0, 0.05) is 30.0 Å². The molecule has 5 heteroatoms. The molecule has 0 aliphatic carbocycles. The number of halogens is 1. The van der Waals surface area contributed by atoms with Crippen LogP contribution in [-0.2, 0) is 0 Å². The van der Waals surface area contributed by atoms with Gasteiger partial charge in [0.25, 0.3) is 5.91 Å². The first-order chi connectivity index (χ1) is 12.5. The molecule has 0 unspecified atom stereocenters. The van der Waals surface area contributed by atoms with Gasteiger partial charge >= 0.3 is 0 Å². The van der Waals surface area contributed by atoms with Crippen molar-refractivity contribution < 1.29 is 13.9 Å². The van der Waals surface area contributed by atoms with E-state index >= 15 is 0 Å². The fourth-order valence-corrected chi connectivity index (χ4v) is 3.00. The van der Waals surface area contributed by atoms with Crippen molar-refractivity contribution in [3.05, 3.63) is 53.8 Å². The summed E-state index contributed by atoms with van der Waals surface area (Å²) in [6, 6.07) is 11.7. The minimum absolute atomic E-state index is 0.280. The van der Waals surface area contributed by atoms with Crippen molar-refractivity contribution in [3.8, 4) is 5.75 Å². The molecular formula is C21H25FN2O2. The minimum Gasteiger partial charge on any atom is -0.493 e. The molecule has 0 radical (unpaired) electrons. The Kier molecular flexibility index (Phi) is 5.76. The van der Waals surface area contributed by atoms with Crippen LogP contribution < -0.4 is 15.0 Å². The first-order valence-corrected chi connectivity index (χ1v) is 9.11. The predicted octanol–water partition coefficient (Wildman–Crippen LogP) is 4.71. The standard InChI is InChI=1S/C21H25FN2O2/c1-15(2)14-26-20-7-5-6-16(10-20)21(25)23-18-11-17(22)12-19(13-18)24-8-3-4-9-24/h5-7,10-13,15H,3-4,8-9,14H2,1-2H3,(H,23,25). The highest BCUT2D eigenvalue weighted by molar-refractivity contribution is 6.04. The number of benzene rings is 2. The summed E-state index contributed by atoms with van der Waals surface area (Å²) < 4.78 is 19.6. The van der Waals surface area contributed by atoms with Crippen LogP contribution in [0.5, 0.6) is 5.75 Å². The topological polar surface area (TPSA) is 41.6 Å². The van der Waals surface area contributed by atoms with Crippen LogP contribution in [0, 0.1) is 11.7 Å². The van der Waals surface area contributed by atoms with Gasteiger partial charge in [0.15, 0.2) is 0 Å². The van der Waals surface area contributed by atoms with Gasteiger partial charge in [-0.2, -0.15) is 0 Å².